The minimum absolute atomic E-state index is 0. The number of nitrogens with zero attached hydrogens (tertiary/aromatic N) is 2. The molecule has 0 bridgehead atoms. The lowest BCUT2D eigenvalue weighted by molar-refractivity contribution is -0.383. The predicted molar refractivity (Wildman–Crippen MR) is 100 cm³/mol. The molecule has 10 heteroatoms. The maximum atomic E-state index is 12.4. The van der Waals surface area contributed by atoms with Crippen molar-refractivity contribution in [2.75, 3.05) is 38.0 Å². The zero-order valence-electron chi connectivity index (χ0n) is 14.3. The fourth-order valence-corrected chi connectivity index (χ4v) is 2.82. The number of carbonyl (C=O) groups excluding carboxylic acids is 2. The van der Waals surface area contributed by atoms with Gasteiger partial charge in [-0.15, -0.1) is 12.4 Å². The number of halogens is 1. The van der Waals surface area contributed by atoms with Crippen LogP contribution in [0.15, 0.2) is 24.3 Å². The minimum Gasteiger partial charge on any atom is -0.371 e. The van der Waals surface area contributed by atoms with Crippen molar-refractivity contribution >= 4 is 35.6 Å². The van der Waals surface area contributed by atoms with Crippen LogP contribution in [-0.2, 0) is 9.59 Å². The second kappa shape index (κ2) is 10.6. The topological polar surface area (TPSA) is 131 Å². The maximum Gasteiger partial charge on any atom is 0.292 e. The summed E-state index contributed by atoms with van der Waals surface area (Å²) in [6.45, 7) is 1.68. The molecule has 26 heavy (non-hydrogen) atoms. The van der Waals surface area contributed by atoms with Crippen molar-refractivity contribution in [2.45, 2.75) is 12.8 Å². The molecule has 1 heterocycles. The third kappa shape index (κ3) is 5.85. The number of nitrogens with two attached hydrogens (primary N) is 1. The van der Waals surface area contributed by atoms with Gasteiger partial charge in [0.25, 0.3) is 5.69 Å². The molecular formula is C16H24ClN5O4. The van der Waals surface area contributed by atoms with Crippen molar-refractivity contribution in [3.05, 3.63) is 34.4 Å². The molecule has 1 saturated heterocycles. The molecule has 1 aliphatic heterocycles. The molecule has 1 aromatic carbocycles. The van der Waals surface area contributed by atoms with E-state index in [0.29, 0.717) is 31.9 Å². The third-order valence-corrected chi connectivity index (χ3v) is 4.12. The summed E-state index contributed by atoms with van der Waals surface area (Å²) >= 11 is 0. The number of rotatable bonds is 7. The summed E-state index contributed by atoms with van der Waals surface area (Å²) in [6.07, 6.45) is 1.48. The normalized spacial score (nSPS) is 16.3. The van der Waals surface area contributed by atoms with Gasteiger partial charge in [-0.3, -0.25) is 19.7 Å². The lowest BCUT2D eigenvalue weighted by Crippen LogP contribution is -2.47. The molecule has 0 radical (unpaired) electrons. The van der Waals surface area contributed by atoms with Gasteiger partial charge < -0.3 is 21.3 Å². The fraction of sp³-hybridized carbons (Fsp3) is 0.500. The first-order chi connectivity index (χ1) is 12.0. The number of piperidine rings is 1. The Morgan fingerprint density at radius 2 is 2.08 bits per heavy atom. The standard InChI is InChI=1S/C16H23N5O4.ClH/c17-7-8-18-16(23)12-4-3-9-20(11-12)15(22)10-19-13-5-1-2-6-14(13)21(24)25;/h1-2,5-6,12,19H,3-4,7-11,17H2,(H,18,23);1H. The second-order valence-electron chi connectivity index (χ2n) is 5.89. The van der Waals surface area contributed by atoms with Gasteiger partial charge in [0.05, 0.1) is 17.4 Å². The molecule has 144 valence electrons. The Morgan fingerprint density at radius 1 is 1.35 bits per heavy atom. The van der Waals surface area contributed by atoms with Crippen molar-refractivity contribution in [1.29, 1.82) is 0 Å². The highest BCUT2D eigenvalue weighted by molar-refractivity contribution is 5.85. The van der Waals surface area contributed by atoms with Crippen molar-refractivity contribution in [2.24, 2.45) is 11.7 Å². The second-order valence-corrected chi connectivity index (χ2v) is 5.89. The summed E-state index contributed by atoms with van der Waals surface area (Å²) in [6, 6.07) is 6.18. The van der Waals surface area contributed by atoms with Gasteiger partial charge in [0.1, 0.15) is 5.69 Å². The van der Waals surface area contributed by atoms with Gasteiger partial charge in [0.2, 0.25) is 11.8 Å². The van der Waals surface area contributed by atoms with Crippen LogP contribution in [0.25, 0.3) is 0 Å². The summed E-state index contributed by atoms with van der Waals surface area (Å²) in [4.78, 5) is 36.5. The van der Waals surface area contributed by atoms with E-state index in [1.165, 1.54) is 6.07 Å². The first kappa shape index (κ1) is 21.7. The summed E-state index contributed by atoms with van der Waals surface area (Å²) in [5.74, 6) is -0.514. The van der Waals surface area contributed by atoms with Gasteiger partial charge in [-0.2, -0.15) is 0 Å². The molecule has 2 rings (SSSR count). The number of nitrogens with one attached hydrogen (secondary N) is 2. The van der Waals surface area contributed by atoms with E-state index in [-0.39, 0.29) is 42.4 Å². The summed E-state index contributed by atoms with van der Waals surface area (Å²) < 4.78 is 0. The first-order valence-corrected chi connectivity index (χ1v) is 8.25. The molecule has 1 aliphatic rings. The summed E-state index contributed by atoms with van der Waals surface area (Å²) in [5, 5.41) is 16.6. The Morgan fingerprint density at radius 3 is 2.77 bits per heavy atom. The number of nitro groups is 1. The zero-order valence-corrected chi connectivity index (χ0v) is 15.2. The van der Waals surface area contributed by atoms with E-state index in [0.717, 1.165) is 12.8 Å². The molecule has 0 aliphatic carbocycles. The van der Waals surface area contributed by atoms with E-state index in [9.17, 15) is 19.7 Å². The number of anilines is 1. The van der Waals surface area contributed by atoms with Gasteiger partial charge in [-0.25, -0.2) is 0 Å². The monoisotopic (exact) mass is 385 g/mol. The molecule has 1 aromatic rings. The number of benzene rings is 1. The van der Waals surface area contributed by atoms with Gasteiger partial charge >= 0.3 is 0 Å². The van der Waals surface area contributed by atoms with Crippen LogP contribution in [0.3, 0.4) is 0 Å². The molecule has 1 fully saturated rings. The Labute approximate surface area is 157 Å². The lowest BCUT2D eigenvalue weighted by Gasteiger charge is -2.32. The maximum absolute atomic E-state index is 12.4. The molecular weight excluding hydrogens is 362 g/mol. The number of nitro benzene ring substituents is 1. The molecule has 1 unspecified atom stereocenters. The van der Waals surface area contributed by atoms with Crippen LogP contribution in [0.1, 0.15) is 12.8 Å². The first-order valence-electron chi connectivity index (χ1n) is 8.25. The van der Waals surface area contributed by atoms with E-state index >= 15 is 0 Å². The number of hydrogen-bond acceptors (Lipinski definition) is 6. The highest BCUT2D eigenvalue weighted by atomic mass is 35.5. The van der Waals surface area contributed by atoms with E-state index in [4.69, 9.17) is 5.73 Å². The van der Waals surface area contributed by atoms with Crippen molar-refractivity contribution in [3.8, 4) is 0 Å². The number of carbonyl (C=O) groups is 2. The third-order valence-electron chi connectivity index (χ3n) is 4.12. The van der Waals surface area contributed by atoms with Crippen LogP contribution in [0, 0.1) is 16.0 Å². The van der Waals surface area contributed by atoms with Gasteiger partial charge in [-0.1, -0.05) is 12.1 Å². The predicted octanol–water partition coefficient (Wildman–Crippen LogP) is 0.742. The Balaban J connectivity index is 0.00000338. The highest BCUT2D eigenvalue weighted by Gasteiger charge is 2.28. The molecule has 4 N–H and O–H groups in total. The van der Waals surface area contributed by atoms with Gasteiger partial charge in [-0.05, 0) is 18.9 Å². The van der Waals surface area contributed by atoms with E-state index in [1.807, 2.05) is 0 Å². The Bertz CT molecular complexity index is 643. The van der Waals surface area contributed by atoms with E-state index in [1.54, 1.807) is 23.1 Å². The average Bonchev–Trinajstić information content (AvgIpc) is 2.64. The van der Waals surface area contributed by atoms with Crippen molar-refractivity contribution in [3.63, 3.8) is 0 Å². The highest BCUT2D eigenvalue weighted by Crippen LogP contribution is 2.23. The van der Waals surface area contributed by atoms with Crippen molar-refractivity contribution < 1.29 is 14.5 Å². The number of hydrogen-bond donors (Lipinski definition) is 3. The Kier molecular flexibility index (Phi) is 8.80. The van der Waals surface area contributed by atoms with Crippen LogP contribution in [0.4, 0.5) is 11.4 Å². The van der Waals surface area contributed by atoms with Crippen LogP contribution < -0.4 is 16.4 Å². The molecule has 0 spiro atoms. The van der Waals surface area contributed by atoms with Crippen LogP contribution >= 0.6 is 12.4 Å². The molecule has 0 saturated carbocycles. The lowest BCUT2D eigenvalue weighted by atomic mass is 9.97. The molecule has 2 amide bonds. The molecule has 0 aromatic heterocycles. The zero-order chi connectivity index (χ0) is 18.2. The fourth-order valence-electron chi connectivity index (χ4n) is 2.82. The van der Waals surface area contributed by atoms with Crippen LogP contribution in [-0.4, -0.2) is 54.4 Å². The Hall–Kier alpha value is -2.39. The van der Waals surface area contributed by atoms with Crippen molar-refractivity contribution in [1.82, 2.24) is 10.2 Å². The number of likely N-dealkylation sites (tertiary alicyclic amines) is 1. The average molecular weight is 386 g/mol. The minimum atomic E-state index is -0.495. The van der Waals surface area contributed by atoms with Gasteiger partial charge in [0, 0.05) is 32.2 Å². The van der Waals surface area contributed by atoms with E-state index in [2.05, 4.69) is 10.6 Å². The van der Waals surface area contributed by atoms with Crippen LogP contribution in [0.2, 0.25) is 0 Å². The smallest absolute Gasteiger partial charge is 0.292 e. The molecule has 1 atom stereocenters. The molecule has 9 nitrogen and oxygen atoms in total. The van der Waals surface area contributed by atoms with Crippen LogP contribution in [0.5, 0.6) is 0 Å². The van der Waals surface area contributed by atoms with E-state index < -0.39 is 4.92 Å². The quantitative estimate of drug-likeness (QED) is 0.468. The van der Waals surface area contributed by atoms with Gasteiger partial charge in [0.15, 0.2) is 0 Å². The summed E-state index contributed by atoms with van der Waals surface area (Å²) in [7, 11) is 0. The SMILES string of the molecule is Cl.NCCNC(=O)C1CCCN(C(=O)CNc2ccccc2[N+](=O)[O-])C1. The largest absolute Gasteiger partial charge is 0.371 e. The number of amides is 2. The summed E-state index contributed by atoms with van der Waals surface area (Å²) in [5.41, 5.74) is 5.60. The number of para-hydroxylation sites is 2.